The highest BCUT2D eigenvalue weighted by molar-refractivity contribution is 5.73. The summed E-state index contributed by atoms with van der Waals surface area (Å²) in [7, 11) is 3.62. The number of ether oxygens (including phenoxy) is 1. The number of hydrogen-bond acceptors (Lipinski definition) is 4. The van der Waals surface area contributed by atoms with Crippen molar-refractivity contribution in [1.29, 1.82) is 5.26 Å². The van der Waals surface area contributed by atoms with Crippen molar-refractivity contribution in [2.45, 2.75) is 19.9 Å². The maximum atomic E-state index is 11.6. The van der Waals surface area contributed by atoms with Gasteiger partial charge in [0.1, 0.15) is 18.4 Å². The van der Waals surface area contributed by atoms with E-state index in [-0.39, 0.29) is 12.0 Å². The third-order valence-electron chi connectivity index (χ3n) is 2.43. The van der Waals surface area contributed by atoms with Gasteiger partial charge in [0.25, 0.3) is 0 Å². The zero-order chi connectivity index (χ0) is 12.3. The smallest absolute Gasteiger partial charge is 0.415 e. The minimum Gasteiger partial charge on any atom is -0.447 e. The summed E-state index contributed by atoms with van der Waals surface area (Å²) < 4.78 is 4.98. The van der Waals surface area contributed by atoms with Gasteiger partial charge in [0, 0.05) is 20.3 Å². The van der Waals surface area contributed by atoms with Crippen molar-refractivity contribution in [2.75, 3.05) is 20.7 Å². The summed E-state index contributed by atoms with van der Waals surface area (Å²) in [6, 6.07) is 1.98. The van der Waals surface area contributed by atoms with Crippen LogP contribution in [0.4, 0.5) is 4.79 Å². The highest BCUT2D eigenvalue weighted by atomic mass is 16.6. The van der Waals surface area contributed by atoms with Crippen molar-refractivity contribution in [3.63, 3.8) is 0 Å². The Bertz CT molecular complexity index is 342. The molecule has 88 valence electrons. The first kappa shape index (κ1) is 12.4. The summed E-state index contributed by atoms with van der Waals surface area (Å²) in [5.74, 6) is 0.255. The van der Waals surface area contributed by atoms with Gasteiger partial charge in [0.15, 0.2) is 0 Å². The molecular formula is C11H17N3O2. The summed E-state index contributed by atoms with van der Waals surface area (Å²) >= 11 is 0. The minimum atomic E-state index is -0.437. The van der Waals surface area contributed by atoms with E-state index in [0.717, 1.165) is 0 Å². The summed E-state index contributed by atoms with van der Waals surface area (Å²) in [5, 5.41) is 9.06. The lowest BCUT2D eigenvalue weighted by atomic mass is 10.0. The summed E-state index contributed by atoms with van der Waals surface area (Å²) in [6.45, 7) is 4.36. The molecular weight excluding hydrogens is 206 g/mol. The number of nitriles is 1. The SMILES string of the molecule is CC(C)[C@H]1COC(=O)N1/C(C#N)=C/N(C)C. The van der Waals surface area contributed by atoms with Crippen molar-refractivity contribution in [2.24, 2.45) is 5.92 Å². The van der Waals surface area contributed by atoms with E-state index in [1.54, 1.807) is 11.1 Å². The van der Waals surface area contributed by atoms with Crippen molar-refractivity contribution < 1.29 is 9.53 Å². The van der Waals surface area contributed by atoms with Crippen LogP contribution in [0.5, 0.6) is 0 Å². The van der Waals surface area contributed by atoms with Crippen LogP contribution in [0.15, 0.2) is 11.9 Å². The highest BCUT2D eigenvalue weighted by Gasteiger charge is 2.37. The maximum Gasteiger partial charge on any atom is 0.415 e. The van der Waals surface area contributed by atoms with Crippen LogP contribution in [0, 0.1) is 17.2 Å². The Hall–Kier alpha value is -1.70. The molecule has 0 saturated carbocycles. The number of carbonyl (C=O) groups is 1. The van der Waals surface area contributed by atoms with Crippen LogP contribution >= 0.6 is 0 Å². The maximum absolute atomic E-state index is 11.6. The molecule has 1 aliphatic heterocycles. The van der Waals surface area contributed by atoms with E-state index in [4.69, 9.17) is 10.00 Å². The fourth-order valence-corrected chi connectivity index (χ4v) is 1.59. The molecule has 0 aromatic rings. The molecule has 1 fully saturated rings. The molecule has 5 nitrogen and oxygen atoms in total. The lowest BCUT2D eigenvalue weighted by Gasteiger charge is -2.23. The molecule has 0 bridgehead atoms. The van der Waals surface area contributed by atoms with Gasteiger partial charge in [0.2, 0.25) is 0 Å². The van der Waals surface area contributed by atoms with Crippen molar-refractivity contribution >= 4 is 6.09 Å². The van der Waals surface area contributed by atoms with E-state index in [0.29, 0.717) is 12.3 Å². The zero-order valence-corrected chi connectivity index (χ0v) is 10.1. The molecule has 5 heteroatoms. The molecule has 1 heterocycles. The average Bonchev–Trinajstić information content (AvgIpc) is 2.56. The van der Waals surface area contributed by atoms with Crippen LogP contribution in [0.1, 0.15) is 13.8 Å². The van der Waals surface area contributed by atoms with Crippen LogP contribution < -0.4 is 0 Å². The number of carbonyl (C=O) groups excluding carboxylic acids is 1. The normalized spacial score (nSPS) is 21.0. The first-order chi connectivity index (χ1) is 7.47. The van der Waals surface area contributed by atoms with Crippen LogP contribution in [-0.4, -0.2) is 42.6 Å². The van der Waals surface area contributed by atoms with Gasteiger partial charge in [-0.15, -0.1) is 0 Å². The van der Waals surface area contributed by atoms with E-state index in [9.17, 15) is 4.79 Å². The quantitative estimate of drug-likeness (QED) is 0.678. The summed E-state index contributed by atoms with van der Waals surface area (Å²) in [6.07, 6.45) is 1.19. The Morgan fingerprint density at radius 2 is 2.31 bits per heavy atom. The van der Waals surface area contributed by atoms with Gasteiger partial charge in [-0.25, -0.2) is 4.79 Å². The Morgan fingerprint density at radius 3 is 2.75 bits per heavy atom. The molecule has 0 aromatic heterocycles. The Morgan fingerprint density at radius 1 is 1.69 bits per heavy atom. The first-order valence-corrected chi connectivity index (χ1v) is 5.21. The number of cyclic esters (lactones) is 1. The third kappa shape index (κ3) is 2.45. The van der Waals surface area contributed by atoms with Crippen LogP contribution in [-0.2, 0) is 4.74 Å². The van der Waals surface area contributed by atoms with Crippen LogP contribution in [0.25, 0.3) is 0 Å². The second-order valence-corrected chi connectivity index (χ2v) is 4.35. The van der Waals surface area contributed by atoms with E-state index >= 15 is 0 Å². The third-order valence-corrected chi connectivity index (χ3v) is 2.43. The molecule has 1 rings (SSSR count). The molecule has 1 saturated heterocycles. The number of rotatable bonds is 3. The highest BCUT2D eigenvalue weighted by Crippen LogP contribution is 2.23. The number of allylic oxidation sites excluding steroid dienone is 1. The number of nitrogens with zero attached hydrogens (tertiary/aromatic N) is 3. The van der Waals surface area contributed by atoms with Gasteiger partial charge >= 0.3 is 6.09 Å². The molecule has 1 aliphatic rings. The lowest BCUT2D eigenvalue weighted by molar-refractivity contribution is 0.164. The van der Waals surface area contributed by atoms with Gasteiger partial charge in [-0.05, 0) is 5.92 Å². The Balaban J connectivity index is 2.99. The van der Waals surface area contributed by atoms with Crippen molar-refractivity contribution in [1.82, 2.24) is 9.80 Å². The van der Waals surface area contributed by atoms with Gasteiger partial charge in [-0.1, -0.05) is 13.8 Å². The second kappa shape index (κ2) is 4.88. The van der Waals surface area contributed by atoms with Gasteiger partial charge in [0.05, 0.1) is 6.04 Å². The molecule has 0 aromatic carbocycles. The lowest BCUT2D eigenvalue weighted by Crippen LogP contribution is -2.36. The van der Waals surface area contributed by atoms with E-state index in [1.165, 1.54) is 4.90 Å². The molecule has 1 atom stereocenters. The topological polar surface area (TPSA) is 56.6 Å². The predicted octanol–water partition coefficient (Wildman–Crippen LogP) is 1.39. The Kier molecular flexibility index (Phi) is 3.78. The molecule has 1 amide bonds. The first-order valence-electron chi connectivity index (χ1n) is 5.21. The predicted molar refractivity (Wildman–Crippen MR) is 59.2 cm³/mol. The van der Waals surface area contributed by atoms with Crippen molar-refractivity contribution in [3.05, 3.63) is 11.9 Å². The molecule has 0 unspecified atom stereocenters. The van der Waals surface area contributed by atoms with E-state index < -0.39 is 6.09 Å². The zero-order valence-electron chi connectivity index (χ0n) is 10.1. The summed E-state index contributed by atoms with van der Waals surface area (Å²) in [4.78, 5) is 14.7. The standard InChI is InChI=1S/C11H17N3O2/c1-8(2)10-7-16-11(15)14(10)9(5-12)6-13(3)4/h6,8,10H,7H2,1-4H3/b9-6+/t10-/m1/s1. The molecule has 0 spiro atoms. The van der Waals surface area contributed by atoms with Gasteiger partial charge in [-0.3, -0.25) is 4.90 Å². The summed E-state index contributed by atoms with van der Waals surface area (Å²) in [5.41, 5.74) is 0.325. The fraction of sp³-hybridized carbons (Fsp3) is 0.636. The van der Waals surface area contributed by atoms with E-state index in [1.807, 2.05) is 34.0 Å². The second-order valence-electron chi connectivity index (χ2n) is 4.35. The van der Waals surface area contributed by atoms with Gasteiger partial charge in [-0.2, -0.15) is 5.26 Å². The van der Waals surface area contributed by atoms with Crippen LogP contribution in [0.3, 0.4) is 0 Å². The molecule has 0 aliphatic carbocycles. The molecule has 16 heavy (non-hydrogen) atoms. The van der Waals surface area contributed by atoms with Crippen LogP contribution in [0.2, 0.25) is 0 Å². The minimum absolute atomic E-state index is 0.0571. The number of amides is 1. The molecule has 0 radical (unpaired) electrons. The van der Waals surface area contributed by atoms with Gasteiger partial charge < -0.3 is 9.64 Å². The monoisotopic (exact) mass is 223 g/mol. The molecule has 0 N–H and O–H groups in total. The number of hydrogen-bond donors (Lipinski definition) is 0. The Labute approximate surface area is 95.9 Å². The fourth-order valence-electron chi connectivity index (χ4n) is 1.59. The average molecular weight is 223 g/mol. The van der Waals surface area contributed by atoms with E-state index in [2.05, 4.69) is 0 Å². The largest absolute Gasteiger partial charge is 0.447 e. The van der Waals surface area contributed by atoms with Crippen molar-refractivity contribution in [3.8, 4) is 6.07 Å².